The maximum atomic E-state index is 14.1. The summed E-state index contributed by atoms with van der Waals surface area (Å²) in [7, 11) is 1.52. The lowest BCUT2D eigenvalue weighted by molar-refractivity contribution is -0.116. The number of hydrogen-bond donors (Lipinski definition) is 3. The lowest BCUT2D eigenvalue weighted by Gasteiger charge is -2.17. The van der Waals surface area contributed by atoms with Crippen molar-refractivity contribution in [3.63, 3.8) is 0 Å². The number of nitrogens with one attached hydrogen (secondary N) is 3. The van der Waals surface area contributed by atoms with Crippen LogP contribution in [0.1, 0.15) is 29.3 Å². The number of amides is 3. The number of ether oxygens (including phenoxy) is 1. The second-order valence-electron chi connectivity index (χ2n) is 9.48. The van der Waals surface area contributed by atoms with Gasteiger partial charge in [-0.3, -0.25) is 14.4 Å². The predicted octanol–water partition coefficient (Wildman–Crippen LogP) is 7.17. The normalized spacial score (nSPS) is 11.8. The Morgan fingerprint density at radius 3 is 2.13 bits per heavy atom. The van der Waals surface area contributed by atoms with Crippen LogP contribution < -0.4 is 20.7 Å². The summed E-state index contributed by atoms with van der Waals surface area (Å²) in [5.41, 5.74) is 0.00475. The molecule has 0 saturated heterocycles. The third-order valence-electron chi connectivity index (χ3n) is 6.35. The molecular formula is C33H27F4N3O4S. The van der Waals surface area contributed by atoms with E-state index in [4.69, 9.17) is 4.74 Å². The molecule has 4 aromatic carbocycles. The van der Waals surface area contributed by atoms with Crippen molar-refractivity contribution >= 4 is 46.9 Å². The van der Waals surface area contributed by atoms with Gasteiger partial charge >= 0.3 is 0 Å². The first-order valence-corrected chi connectivity index (χ1v) is 14.4. The van der Waals surface area contributed by atoms with E-state index in [9.17, 15) is 31.9 Å². The number of rotatable bonds is 11. The van der Waals surface area contributed by atoms with E-state index in [-0.39, 0.29) is 18.2 Å². The molecule has 0 aliphatic rings. The molecule has 232 valence electrons. The standard InChI is InChI=1S/C33H27F4N3O4S/c1-3-27(33(43)40-30-28(36)24(34)18-25(35)29(30)37)45-23-11-7-10-21(17-23)38-32(42)26(16-19-12-14-22(44-2)15-13-19)39-31(41)20-8-5-4-6-9-20/h4-18,27H,3H2,1-2H3,(H,38,42)(H,39,41)(H,40,43)/b26-16+. The molecule has 3 N–H and O–H groups in total. The zero-order valence-corrected chi connectivity index (χ0v) is 24.8. The molecule has 1 atom stereocenters. The molecule has 0 spiro atoms. The fourth-order valence-electron chi connectivity index (χ4n) is 4.03. The SMILES string of the molecule is CCC(Sc1cccc(NC(=O)/C(=C\c2ccc(OC)cc2)NC(=O)c2ccccc2)c1)C(=O)Nc1c(F)c(F)cc(F)c1F. The van der Waals surface area contributed by atoms with E-state index < -0.39 is 51.9 Å². The summed E-state index contributed by atoms with van der Waals surface area (Å²) < 4.78 is 60.6. The summed E-state index contributed by atoms with van der Waals surface area (Å²) in [6.07, 6.45) is 1.69. The molecule has 1 unspecified atom stereocenters. The van der Waals surface area contributed by atoms with Crippen LogP contribution in [0.3, 0.4) is 0 Å². The monoisotopic (exact) mass is 637 g/mol. The van der Waals surface area contributed by atoms with Gasteiger partial charge < -0.3 is 20.7 Å². The van der Waals surface area contributed by atoms with Gasteiger partial charge in [-0.15, -0.1) is 11.8 Å². The third-order valence-corrected chi connectivity index (χ3v) is 7.71. The predicted molar refractivity (Wildman–Crippen MR) is 165 cm³/mol. The van der Waals surface area contributed by atoms with Crippen LogP contribution in [0.25, 0.3) is 6.08 Å². The second-order valence-corrected chi connectivity index (χ2v) is 10.8. The van der Waals surface area contributed by atoms with Crippen molar-refractivity contribution in [2.75, 3.05) is 17.7 Å². The second kappa shape index (κ2) is 15.1. The van der Waals surface area contributed by atoms with Crippen molar-refractivity contribution in [1.82, 2.24) is 5.32 Å². The average Bonchev–Trinajstić information content (AvgIpc) is 3.05. The van der Waals surface area contributed by atoms with Crippen LogP contribution in [0.2, 0.25) is 0 Å². The van der Waals surface area contributed by atoms with Crippen LogP contribution in [-0.4, -0.2) is 30.1 Å². The van der Waals surface area contributed by atoms with Crippen LogP contribution in [0.15, 0.2) is 95.5 Å². The topological polar surface area (TPSA) is 96.5 Å². The van der Waals surface area contributed by atoms with Crippen LogP contribution in [0, 0.1) is 23.3 Å². The van der Waals surface area contributed by atoms with Gasteiger partial charge in [-0.2, -0.15) is 0 Å². The van der Waals surface area contributed by atoms with Crippen LogP contribution >= 0.6 is 11.8 Å². The van der Waals surface area contributed by atoms with Crippen LogP contribution in [0.5, 0.6) is 5.75 Å². The maximum Gasteiger partial charge on any atom is 0.272 e. The van der Waals surface area contributed by atoms with Gasteiger partial charge in [0.05, 0.1) is 12.4 Å². The molecule has 4 aromatic rings. The van der Waals surface area contributed by atoms with Gasteiger partial charge in [0.2, 0.25) is 5.91 Å². The summed E-state index contributed by atoms with van der Waals surface area (Å²) in [6.45, 7) is 1.65. The Morgan fingerprint density at radius 2 is 1.51 bits per heavy atom. The minimum atomic E-state index is -1.72. The lowest BCUT2D eigenvalue weighted by Crippen LogP contribution is -2.30. The van der Waals surface area contributed by atoms with Gasteiger partial charge in [0, 0.05) is 22.2 Å². The molecule has 0 saturated carbocycles. The molecule has 0 aromatic heterocycles. The number of halogens is 4. The molecule has 0 fully saturated rings. The zero-order valence-electron chi connectivity index (χ0n) is 24.0. The highest BCUT2D eigenvalue weighted by Gasteiger charge is 2.25. The number of methoxy groups -OCH3 is 1. The van der Waals surface area contributed by atoms with Gasteiger partial charge in [0.1, 0.15) is 17.1 Å². The first-order chi connectivity index (χ1) is 21.6. The number of thioether (sulfide) groups is 1. The van der Waals surface area contributed by atoms with Gasteiger partial charge in [0.15, 0.2) is 23.3 Å². The van der Waals surface area contributed by atoms with Crippen molar-refractivity contribution in [2.24, 2.45) is 0 Å². The van der Waals surface area contributed by atoms with Gasteiger partial charge in [-0.05, 0) is 60.5 Å². The van der Waals surface area contributed by atoms with Gasteiger partial charge in [-0.1, -0.05) is 43.3 Å². The number of anilines is 2. The van der Waals surface area contributed by atoms with Gasteiger partial charge in [-0.25, -0.2) is 17.6 Å². The van der Waals surface area contributed by atoms with Crippen molar-refractivity contribution < 1.29 is 36.7 Å². The lowest BCUT2D eigenvalue weighted by atomic mass is 10.1. The Kier molecular flexibility index (Phi) is 11.0. The van der Waals surface area contributed by atoms with E-state index >= 15 is 0 Å². The number of hydrogen-bond acceptors (Lipinski definition) is 5. The Bertz CT molecular complexity index is 1710. The van der Waals surface area contributed by atoms with Crippen molar-refractivity contribution in [2.45, 2.75) is 23.5 Å². The minimum Gasteiger partial charge on any atom is -0.497 e. The summed E-state index contributed by atoms with van der Waals surface area (Å²) in [5.74, 6) is -8.14. The quantitative estimate of drug-likeness (QED) is 0.0702. The molecule has 0 aliphatic heterocycles. The van der Waals surface area contributed by atoms with Crippen LogP contribution in [0.4, 0.5) is 28.9 Å². The maximum absolute atomic E-state index is 14.1. The average molecular weight is 638 g/mol. The molecule has 3 amide bonds. The highest BCUT2D eigenvalue weighted by Crippen LogP contribution is 2.30. The Hall–Kier alpha value is -5.10. The van der Waals surface area contributed by atoms with E-state index in [0.29, 0.717) is 27.5 Å². The summed E-state index contributed by atoms with van der Waals surface area (Å²) in [6, 6.07) is 21.6. The van der Waals surface area contributed by atoms with Crippen molar-refractivity contribution in [3.05, 3.63) is 125 Å². The number of benzene rings is 4. The van der Waals surface area contributed by atoms with E-state index in [2.05, 4.69) is 10.6 Å². The van der Waals surface area contributed by atoms with E-state index in [1.54, 1.807) is 85.8 Å². The molecule has 0 heterocycles. The minimum absolute atomic E-state index is 0.0516. The molecule has 12 heteroatoms. The summed E-state index contributed by atoms with van der Waals surface area (Å²) in [4.78, 5) is 39.6. The van der Waals surface area contributed by atoms with E-state index in [1.165, 1.54) is 13.2 Å². The Balaban J connectivity index is 1.52. The molecule has 7 nitrogen and oxygen atoms in total. The van der Waals surface area contributed by atoms with E-state index in [1.807, 2.05) is 5.32 Å². The van der Waals surface area contributed by atoms with Gasteiger partial charge in [0.25, 0.3) is 11.8 Å². The van der Waals surface area contributed by atoms with Crippen molar-refractivity contribution in [3.8, 4) is 5.75 Å². The number of carbonyl (C=O) groups excluding carboxylic acids is 3. The molecule has 45 heavy (non-hydrogen) atoms. The first kappa shape index (κ1) is 32.8. The highest BCUT2D eigenvalue weighted by atomic mass is 32.2. The van der Waals surface area contributed by atoms with E-state index in [0.717, 1.165) is 11.8 Å². The molecule has 0 bridgehead atoms. The molecule has 4 rings (SSSR count). The fraction of sp³-hybridized carbons (Fsp3) is 0.121. The first-order valence-electron chi connectivity index (χ1n) is 13.5. The molecule has 0 aliphatic carbocycles. The fourth-order valence-corrected chi connectivity index (χ4v) is 5.04. The third kappa shape index (κ3) is 8.51. The highest BCUT2D eigenvalue weighted by molar-refractivity contribution is 8.00. The van der Waals surface area contributed by atoms with Crippen LogP contribution in [-0.2, 0) is 9.59 Å². The molecule has 0 radical (unpaired) electrons. The number of carbonyl (C=O) groups is 3. The zero-order chi connectivity index (χ0) is 32.5. The Morgan fingerprint density at radius 1 is 0.844 bits per heavy atom. The largest absolute Gasteiger partial charge is 0.497 e. The summed E-state index contributed by atoms with van der Waals surface area (Å²) >= 11 is 1.01. The molecular weight excluding hydrogens is 610 g/mol. The smallest absolute Gasteiger partial charge is 0.272 e. The summed E-state index contributed by atoms with van der Waals surface area (Å²) in [5, 5.41) is 6.39. The van der Waals surface area contributed by atoms with Crippen molar-refractivity contribution in [1.29, 1.82) is 0 Å². The Labute approximate surface area is 260 Å².